The Balaban J connectivity index is 3.01. The molecule has 88 valence electrons. The zero-order chi connectivity index (χ0) is 12.1. The summed E-state index contributed by atoms with van der Waals surface area (Å²) >= 11 is 5.61. The van der Waals surface area contributed by atoms with E-state index >= 15 is 0 Å². The lowest BCUT2D eigenvalue weighted by atomic mass is 9.97. The van der Waals surface area contributed by atoms with Gasteiger partial charge in [-0.15, -0.1) is 11.6 Å². The molecule has 3 nitrogen and oxygen atoms in total. The normalized spacial score (nSPS) is 12.4. The minimum atomic E-state index is -1.45. The first kappa shape index (κ1) is 13.0. The molecule has 16 heavy (non-hydrogen) atoms. The number of alkyl halides is 1. The minimum Gasteiger partial charge on any atom is -0.479 e. The highest BCUT2D eigenvalue weighted by Crippen LogP contribution is 2.21. The number of carboxylic acid groups (broad SMARTS) is 1. The summed E-state index contributed by atoms with van der Waals surface area (Å²) in [5.74, 6) is -0.702. The molecule has 1 rings (SSSR count). The van der Waals surface area contributed by atoms with Crippen LogP contribution in [-0.4, -0.2) is 22.1 Å². The lowest BCUT2D eigenvalue weighted by molar-refractivity contribution is -0.147. The summed E-state index contributed by atoms with van der Waals surface area (Å²) in [5, 5.41) is 18.3. The summed E-state index contributed by atoms with van der Waals surface area (Å²) in [5.41, 5.74) is 2.37. The molecule has 0 saturated heterocycles. The number of aliphatic carboxylic acids is 1. The van der Waals surface area contributed by atoms with E-state index in [1.807, 2.05) is 13.0 Å². The first-order valence-electron chi connectivity index (χ1n) is 5.12. The van der Waals surface area contributed by atoms with Crippen molar-refractivity contribution in [3.8, 4) is 0 Å². The smallest absolute Gasteiger partial charge is 0.337 e. The van der Waals surface area contributed by atoms with Crippen molar-refractivity contribution in [3.05, 3.63) is 34.9 Å². The summed E-state index contributed by atoms with van der Waals surface area (Å²) in [6, 6.07) is 5.36. The van der Waals surface area contributed by atoms with Crippen LogP contribution in [0.15, 0.2) is 18.2 Å². The molecular weight excluding hydrogens is 228 g/mol. The molecule has 0 aliphatic carbocycles. The molecule has 4 heteroatoms. The van der Waals surface area contributed by atoms with Gasteiger partial charge < -0.3 is 10.2 Å². The average Bonchev–Trinajstić information content (AvgIpc) is 2.25. The van der Waals surface area contributed by atoms with Gasteiger partial charge in [0.15, 0.2) is 6.10 Å². The maximum Gasteiger partial charge on any atom is 0.337 e. The molecule has 0 amide bonds. The van der Waals surface area contributed by atoms with Gasteiger partial charge in [0.1, 0.15) is 0 Å². The average molecular weight is 243 g/mol. The SMILES string of the molecule is Cc1ccc(C(O)C(=O)O)c(CCCCl)c1. The highest BCUT2D eigenvalue weighted by atomic mass is 35.5. The van der Waals surface area contributed by atoms with Crippen molar-refractivity contribution in [2.45, 2.75) is 25.9 Å². The number of carboxylic acids is 1. The number of carbonyl (C=O) groups is 1. The van der Waals surface area contributed by atoms with Gasteiger partial charge in [0, 0.05) is 5.88 Å². The molecule has 0 saturated carbocycles. The number of aliphatic hydroxyl groups is 1. The molecule has 0 heterocycles. The van der Waals surface area contributed by atoms with E-state index in [0.717, 1.165) is 17.5 Å². The van der Waals surface area contributed by atoms with Crippen LogP contribution in [0.5, 0.6) is 0 Å². The molecule has 0 aromatic heterocycles. The molecule has 1 aromatic carbocycles. The van der Waals surface area contributed by atoms with Gasteiger partial charge in [-0.1, -0.05) is 23.8 Å². The molecule has 1 aromatic rings. The Labute approximate surface area is 99.7 Å². The summed E-state index contributed by atoms with van der Waals surface area (Å²) in [7, 11) is 0. The molecule has 0 aliphatic rings. The lowest BCUT2D eigenvalue weighted by Gasteiger charge is -2.12. The molecule has 0 fully saturated rings. The second kappa shape index (κ2) is 5.87. The van der Waals surface area contributed by atoms with Gasteiger partial charge in [0.2, 0.25) is 0 Å². The molecule has 1 atom stereocenters. The van der Waals surface area contributed by atoms with Gasteiger partial charge in [0.25, 0.3) is 0 Å². The largest absolute Gasteiger partial charge is 0.479 e. The van der Waals surface area contributed by atoms with Crippen molar-refractivity contribution >= 4 is 17.6 Å². The van der Waals surface area contributed by atoms with Crippen molar-refractivity contribution in [3.63, 3.8) is 0 Å². The Bertz CT molecular complexity index is 377. The number of hydrogen-bond acceptors (Lipinski definition) is 2. The van der Waals surface area contributed by atoms with Gasteiger partial charge in [-0.2, -0.15) is 0 Å². The third kappa shape index (κ3) is 3.22. The number of rotatable bonds is 5. The zero-order valence-electron chi connectivity index (χ0n) is 9.11. The van der Waals surface area contributed by atoms with Gasteiger partial charge in [-0.25, -0.2) is 4.79 Å². The Morgan fingerprint density at radius 2 is 2.19 bits per heavy atom. The van der Waals surface area contributed by atoms with Gasteiger partial charge in [-0.05, 0) is 30.9 Å². The minimum absolute atomic E-state index is 0.461. The predicted octanol–water partition coefficient (Wildman–Crippen LogP) is 2.28. The van der Waals surface area contributed by atoms with Crippen LogP contribution in [0.4, 0.5) is 0 Å². The predicted molar refractivity (Wildman–Crippen MR) is 62.8 cm³/mol. The van der Waals surface area contributed by atoms with Crippen LogP contribution >= 0.6 is 11.6 Å². The van der Waals surface area contributed by atoms with E-state index < -0.39 is 12.1 Å². The van der Waals surface area contributed by atoms with Gasteiger partial charge >= 0.3 is 5.97 Å². The van der Waals surface area contributed by atoms with Crippen LogP contribution in [0, 0.1) is 6.92 Å². The third-order valence-corrected chi connectivity index (χ3v) is 2.67. The number of aryl methyl sites for hydroxylation is 2. The van der Waals surface area contributed by atoms with Crippen LogP contribution in [0.1, 0.15) is 29.2 Å². The second-order valence-corrected chi connectivity index (χ2v) is 4.11. The molecule has 2 N–H and O–H groups in total. The molecular formula is C12H15ClO3. The Kier molecular flexibility index (Phi) is 4.77. The topological polar surface area (TPSA) is 57.5 Å². The summed E-state index contributed by atoms with van der Waals surface area (Å²) < 4.78 is 0. The Morgan fingerprint density at radius 1 is 1.50 bits per heavy atom. The maximum absolute atomic E-state index is 10.7. The first-order chi connectivity index (χ1) is 7.56. The summed E-state index contributed by atoms with van der Waals surface area (Å²) in [6.45, 7) is 1.93. The highest BCUT2D eigenvalue weighted by Gasteiger charge is 2.18. The fourth-order valence-corrected chi connectivity index (χ4v) is 1.74. The monoisotopic (exact) mass is 242 g/mol. The fourth-order valence-electron chi connectivity index (χ4n) is 1.61. The van der Waals surface area contributed by atoms with E-state index in [9.17, 15) is 9.90 Å². The van der Waals surface area contributed by atoms with Crippen LogP contribution in [-0.2, 0) is 11.2 Å². The zero-order valence-corrected chi connectivity index (χ0v) is 9.87. The van der Waals surface area contributed by atoms with Crippen molar-refractivity contribution in [2.24, 2.45) is 0 Å². The van der Waals surface area contributed by atoms with Crippen molar-refractivity contribution in [1.29, 1.82) is 0 Å². The molecule has 1 unspecified atom stereocenters. The number of hydrogen-bond donors (Lipinski definition) is 2. The van der Waals surface area contributed by atoms with Crippen LogP contribution in [0.2, 0.25) is 0 Å². The van der Waals surface area contributed by atoms with Crippen LogP contribution in [0.3, 0.4) is 0 Å². The Morgan fingerprint density at radius 3 is 2.75 bits per heavy atom. The quantitative estimate of drug-likeness (QED) is 0.779. The molecule has 0 radical (unpaired) electrons. The summed E-state index contributed by atoms with van der Waals surface area (Å²) in [4.78, 5) is 10.7. The first-order valence-corrected chi connectivity index (χ1v) is 5.66. The Hall–Kier alpha value is -1.06. The fraction of sp³-hybridized carbons (Fsp3) is 0.417. The number of benzene rings is 1. The van der Waals surface area contributed by atoms with Gasteiger partial charge in [-0.3, -0.25) is 0 Å². The van der Waals surface area contributed by atoms with Crippen LogP contribution < -0.4 is 0 Å². The lowest BCUT2D eigenvalue weighted by Crippen LogP contribution is -2.13. The standard InChI is InChI=1S/C12H15ClO3/c1-8-4-5-10(11(14)12(15)16)9(7-8)3-2-6-13/h4-5,7,11,14H,2-3,6H2,1H3,(H,15,16). The van der Waals surface area contributed by atoms with E-state index in [-0.39, 0.29) is 0 Å². The highest BCUT2D eigenvalue weighted by molar-refractivity contribution is 6.17. The van der Waals surface area contributed by atoms with Crippen molar-refractivity contribution in [2.75, 3.05) is 5.88 Å². The number of aliphatic hydroxyl groups excluding tert-OH is 1. The van der Waals surface area contributed by atoms with E-state index in [1.165, 1.54) is 0 Å². The third-order valence-electron chi connectivity index (χ3n) is 2.41. The molecule has 0 bridgehead atoms. The van der Waals surface area contributed by atoms with Crippen molar-refractivity contribution < 1.29 is 15.0 Å². The maximum atomic E-state index is 10.7. The van der Waals surface area contributed by atoms with Gasteiger partial charge in [0.05, 0.1) is 0 Å². The van der Waals surface area contributed by atoms with Crippen LogP contribution in [0.25, 0.3) is 0 Å². The number of halogens is 1. The second-order valence-electron chi connectivity index (χ2n) is 3.74. The molecule has 0 aliphatic heterocycles. The summed E-state index contributed by atoms with van der Waals surface area (Å²) in [6.07, 6.45) is 0.000726. The van der Waals surface area contributed by atoms with E-state index in [4.69, 9.17) is 16.7 Å². The van der Waals surface area contributed by atoms with E-state index in [1.54, 1.807) is 12.1 Å². The van der Waals surface area contributed by atoms with E-state index in [2.05, 4.69) is 0 Å². The van der Waals surface area contributed by atoms with Crippen molar-refractivity contribution in [1.82, 2.24) is 0 Å². The molecule has 0 spiro atoms. The van der Waals surface area contributed by atoms with E-state index in [0.29, 0.717) is 17.9 Å².